The van der Waals surface area contributed by atoms with E-state index in [4.69, 9.17) is 0 Å². The van der Waals surface area contributed by atoms with Gasteiger partial charge in [0.2, 0.25) is 17.7 Å². The number of imide groups is 1. The Hall–Kier alpha value is -1.43. The smallest absolute Gasteiger partial charge is 0.244 e. The first kappa shape index (κ1) is 13.6. The molecule has 6 heteroatoms. The summed E-state index contributed by atoms with van der Waals surface area (Å²) in [5.74, 6) is -0.620. The lowest BCUT2D eigenvalue weighted by atomic mass is 10.2. The predicted octanol–water partition coefficient (Wildman–Crippen LogP) is -0.704. The molecule has 0 aromatic carbocycles. The van der Waals surface area contributed by atoms with Crippen molar-refractivity contribution < 1.29 is 14.4 Å². The van der Waals surface area contributed by atoms with Crippen molar-refractivity contribution in [3.8, 4) is 0 Å². The summed E-state index contributed by atoms with van der Waals surface area (Å²) >= 11 is 0. The lowest BCUT2D eigenvalue weighted by molar-refractivity contribution is -0.126. The minimum Gasteiger partial charge on any atom is -0.354 e. The van der Waals surface area contributed by atoms with Gasteiger partial charge in [-0.3, -0.25) is 19.7 Å². The Morgan fingerprint density at radius 1 is 1.53 bits per heavy atom. The van der Waals surface area contributed by atoms with Gasteiger partial charge in [-0.15, -0.1) is 0 Å². The van der Waals surface area contributed by atoms with Gasteiger partial charge in [-0.05, 0) is 13.3 Å². The Labute approximate surface area is 101 Å². The summed E-state index contributed by atoms with van der Waals surface area (Å²) in [4.78, 5) is 33.5. The third kappa shape index (κ3) is 4.52. The van der Waals surface area contributed by atoms with Crippen molar-refractivity contribution >= 4 is 17.7 Å². The number of carbonyl (C=O) groups excluding carboxylic acids is 3. The van der Waals surface area contributed by atoms with E-state index in [1.165, 1.54) is 0 Å². The van der Waals surface area contributed by atoms with Crippen LogP contribution in [0.5, 0.6) is 0 Å². The van der Waals surface area contributed by atoms with Gasteiger partial charge in [-0.25, -0.2) is 0 Å². The van der Waals surface area contributed by atoms with Crippen molar-refractivity contribution in [1.82, 2.24) is 16.0 Å². The van der Waals surface area contributed by atoms with Gasteiger partial charge in [0.15, 0.2) is 0 Å². The van der Waals surface area contributed by atoms with E-state index in [-0.39, 0.29) is 30.2 Å². The Balaban J connectivity index is 2.17. The van der Waals surface area contributed by atoms with Crippen LogP contribution >= 0.6 is 0 Å². The van der Waals surface area contributed by atoms with Crippen LogP contribution in [0.3, 0.4) is 0 Å². The Bertz CT molecular complexity index is 317. The lowest BCUT2D eigenvalue weighted by Gasteiger charge is -2.12. The molecule has 6 nitrogen and oxygen atoms in total. The van der Waals surface area contributed by atoms with Crippen LogP contribution in [0.15, 0.2) is 0 Å². The summed E-state index contributed by atoms with van der Waals surface area (Å²) < 4.78 is 0. The SMILES string of the molecule is CCC(C)NC(=O)CCNC1CC(=O)NC1=O. The molecule has 0 radical (unpaired) electrons. The van der Waals surface area contributed by atoms with Crippen molar-refractivity contribution in [2.75, 3.05) is 6.54 Å². The third-order valence-electron chi connectivity index (χ3n) is 2.73. The second kappa shape index (κ2) is 6.34. The van der Waals surface area contributed by atoms with E-state index >= 15 is 0 Å². The maximum Gasteiger partial charge on any atom is 0.244 e. The molecule has 1 aliphatic heterocycles. The van der Waals surface area contributed by atoms with Gasteiger partial charge in [0.1, 0.15) is 0 Å². The van der Waals surface area contributed by atoms with Gasteiger partial charge in [-0.1, -0.05) is 6.92 Å². The zero-order valence-electron chi connectivity index (χ0n) is 10.2. The number of nitrogens with one attached hydrogen (secondary N) is 3. The normalized spacial score (nSPS) is 21.2. The number of hydrogen-bond acceptors (Lipinski definition) is 4. The molecule has 1 fully saturated rings. The van der Waals surface area contributed by atoms with Crippen LogP contribution in [0.4, 0.5) is 0 Å². The highest BCUT2D eigenvalue weighted by molar-refractivity contribution is 6.05. The molecule has 96 valence electrons. The molecule has 1 heterocycles. The number of rotatable bonds is 6. The molecule has 3 amide bonds. The number of hydrogen-bond donors (Lipinski definition) is 3. The molecule has 0 bridgehead atoms. The van der Waals surface area contributed by atoms with E-state index in [1.54, 1.807) is 0 Å². The quantitative estimate of drug-likeness (QED) is 0.536. The molecule has 2 unspecified atom stereocenters. The summed E-state index contributed by atoms with van der Waals surface area (Å²) in [7, 11) is 0. The zero-order valence-corrected chi connectivity index (χ0v) is 10.2. The van der Waals surface area contributed by atoms with Crippen molar-refractivity contribution in [1.29, 1.82) is 0 Å². The molecule has 0 spiro atoms. The Morgan fingerprint density at radius 2 is 2.24 bits per heavy atom. The van der Waals surface area contributed by atoms with Crippen LogP contribution in [0.1, 0.15) is 33.1 Å². The maximum absolute atomic E-state index is 11.4. The standard InChI is InChI=1S/C11H19N3O3/c1-3-7(2)13-9(15)4-5-12-8-6-10(16)14-11(8)17/h7-8,12H,3-6H2,1-2H3,(H,13,15)(H,14,16,17). The van der Waals surface area contributed by atoms with Gasteiger partial charge in [0.05, 0.1) is 12.5 Å². The molecular formula is C11H19N3O3. The first-order chi connectivity index (χ1) is 8.02. The monoisotopic (exact) mass is 241 g/mol. The third-order valence-corrected chi connectivity index (χ3v) is 2.73. The van der Waals surface area contributed by atoms with E-state index in [0.29, 0.717) is 13.0 Å². The fourth-order valence-electron chi connectivity index (χ4n) is 1.53. The second-order valence-corrected chi connectivity index (χ2v) is 4.25. The molecule has 0 aromatic rings. The highest BCUT2D eigenvalue weighted by Crippen LogP contribution is 2.00. The lowest BCUT2D eigenvalue weighted by Crippen LogP contribution is -2.39. The Morgan fingerprint density at radius 3 is 2.76 bits per heavy atom. The summed E-state index contributed by atoms with van der Waals surface area (Å²) in [6, 6.07) is -0.322. The van der Waals surface area contributed by atoms with Crippen LogP contribution < -0.4 is 16.0 Å². The van der Waals surface area contributed by atoms with Crippen molar-refractivity contribution in [2.24, 2.45) is 0 Å². The van der Waals surface area contributed by atoms with Gasteiger partial charge in [-0.2, -0.15) is 0 Å². The Kier molecular flexibility index (Phi) is 5.09. The van der Waals surface area contributed by atoms with Crippen molar-refractivity contribution in [2.45, 2.75) is 45.2 Å². The summed E-state index contributed by atoms with van der Waals surface area (Å²) in [6.07, 6.45) is 1.35. The van der Waals surface area contributed by atoms with E-state index in [0.717, 1.165) is 6.42 Å². The summed E-state index contributed by atoms with van der Waals surface area (Å²) in [5, 5.41) is 7.92. The number of amides is 3. The van der Waals surface area contributed by atoms with E-state index in [2.05, 4.69) is 16.0 Å². The molecular weight excluding hydrogens is 222 g/mol. The van der Waals surface area contributed by atoms with Gasteiger partial charge in [0.25, 0.3) is 0 Å². The average Bonchev–Trinajstić information content (AvgIpc) is 2.57. The predicted molar refractivity (Wildman–Crippen MR) is 62.1 cm³/mol. The first-order valence-corrected chi connectivity index (χ1v) is 5.89. The molecule has 3 N–H and O–H groups in total. The van der Waals surface area contributed by atoms with E-state index in [1.807, 2.05) is 13.8 Å². The minimum absolute atomic E-state index is 0.0448. The molecule has 1 rings (SSSR count). The van der Waals surface area contributed by atoms with E-state index in [9.17, 15) is 14.4 Å². The fraction of sp³-hybridized carbons (Fsp3) is 0.727. The topological polar surface area (TPSA) is 87.3 Å². The van der Waals surface area contributed by atoms with Crippen LogP contribution in [-0.2, 0) is 14.4 Å². The highest BCUT2D eigenvalue weighted by Gasteiger charge is 2.29. The largest absolute Gasteiger partial charge is 0.354 e. The van der Waals surface area contributed by atoms with Gasteiger partial charge >= 0.3 is 0 Å². The molecule has 1 saturated heterocycles. The van der Waals surface area contributed by atoms with Gasteiger partial charge < -0.3 is 10.6 Å². The molecule has 0 saturated carbocycles. The van der Waals surface area contributed by atoms with E-state index < -0.39 is 6.04 Å². The summed E-state index contributed by atoms with van der Waals surface area (Å²) in [5.41, 5.74) is 0. The van der Waals surface area contributed by atoms with Crippen LogP contribution in [0.25, 0.3) is 0 Å². The van der Waals surface area contributed by atoms with Gasteiger partial charge in [0, 0.05) is 19.0 Å². The molecule has 0 aromatic heterocycles. The molecule has 1 aliphatic rings. The second-order valence-electron chi connectivity index (χ2n) is 4.25. The first-order valence-electron chi connectivity index (χ1n) is 5.89. The zero-order chi connectivity index (χ0) is 12.8. The van der Waals surface area contributed by atoms with Crippen LogP contribution in [-0.4, -0.2) is 36.3 Å². The maximum atomic E-state index is 11.4. The fourth-order valence-corrected chi connectivity index (χ4v) is 1.53. The van der Waals surface area contributed by atoms with Crippen molar-refractivity contribution in [3.05, 3.63) is 0 Å². The molecule has 0 aliphatic carbocycles. The highest BCUT2D eigenvalue weighted by atomic mass is 16.2. The molecule has 2 atom stereocenters. The average molecular weight is 241 g/mol. The van der Waals surface area contributed by atoms with Crippen molar-refractivity contribution in [3.63, 3.8) is 0 Å². The molecule has 17 heavy (non-hydrogen) atoms. The number of carbonyl (C=O) groups is 3. The van der Waals surface area contributed by atoms with Crippen LogP contribution in [0.2, 0.25) is 0 Å². The minimum atomic E-state index is -0.487. The summed E-state index contributed by atoms with van der Waals surface area (Å²) in [6.45, 7) is 4.33. The van der Waals surface area contributed by atoms with Crippen LogP contribution in [0, 0.1) is 0 Å².